The van der Waals surface area contributed by atoms with Crippen LogP contribution in [0.1, 0.15) is 33.3 Å². The van der Waals surface area contributed by atoms with Gasteiger partial charge in [0.2, 0.25) is 0 Å². The molecular weight excluding hydrogens is 352 g/mol. The third kappa shape index (κ3) is 5.52. The van der Waals surface area contributed by atoms with Crippen LogP contribution in [0.2, 0.25) is 0 Å². The predicted octanol–water partition coefficient (Wildman–Crippen LogP) is 5.13. The van der Waals surface area contributed by atoms with Crippen molar-refractivity contribution in [2.24, 2.45) is 0 Å². The normalized spacial score (nSPS) is 12.6. The molecule has 5 nitrogen and oxygen atoms in total. The van der Waals surface area contributed by atoms with Crippen molar-refractivity contribution in [3.63, 3.8) is 0 Å². The van der Waals surface area contributed by atoms with Gasteiger partial charge < -0.3 is 19.4 Å². The molecule has 0 unspecified atom stereocenters. The van der Waals surface area contributed by atoms with E-state index in [9.17, 15) is 4.79 Å². The van der Waals surface area contributed by atoms with E-state index < -0.39 is 11.7 Å². The Morgan fingerprint density at radius 1 is 1.11 bits per heavy atom. The van der Waals surface area contributed by atoms with Crippen LogP contribution in [-0.4, -0.2) is 22.3 Å². The Kier molecular flexibility index (Phi) is 5.93. The molecule has 0 aliphatic heterocycles. The summed E-state index contributed by atoms with van der Waals surface area (Å²) < 4.78 is 13.4. The minimum Gasteiger partial charge on any atom is -0.489 e. The summed E-state index contributed by atoms with van der Waals surface area (Å²) in [7, 11) is 0. The van der Waals surface area contributed by atoms with Crippen LogP contribution in [0.25, 0.3) is 10.9 Å². The standard InChI is InChI=1S/C23H28N2O3/c1-17(24-22(26)28-23(2,3)4)15-25-13-12-19-10-11-20(14-21(19)25)27-16-18-8-6-5-7-9-18/h5-14,17H,15-16H2,1-4H3,(H,24,26)/t17-/m0/s1. The maximum Gasteiger partial charge on any atom is 0.407 e. The Morgan fingerprint density at radius 2 is 1.86 bits per heavy atom. The molecule has 3 rings (SSSR count). The van der Waals surface area contributed by atoms with Crippen molar-refractivity contribution >= 4 is 17.0 Å². The maximum atomic E-state index is 12.0. The number of hydrogen-bond donors (Lipinski definition) is 1. The van der Waals surface area contributed by atoms with Gasteiger partial charge in [0, 0.05) is 24.8 Å². The molecule has 1 N–H and O–H groups in total. The zero-order chi connectivity index (χ0) is 20.1. The van der Waals surface area contributed by atoms with Crippen LogP contribution < -0.4 is 10.1 Å². The maximum absolute atomic E-state index is 12.0. The summed E-state index contributed by atoms with van der Waals surface area (Å²) in [5.41, 5.74) is 1.70. The summed E-state index contributed by atoms with van der Waals surface area (Å²) in [6, 6.07) is 18.2. The van der Waals surface area contributed by atoms with Crippen LogP contribution in [0.4, 0.5) is 4.79 Å². The van der Waals surface area contributed by atoms with Crippen molar-refractivity contribution < 1.29 is 14.3 Å². The van der Waals surface area contributed by atoms with Crippen molar-refractivity contribution in [1.82, 2.24) is 9.88 Å². The van der Waals surface area contributed by atoms with Crippen LogP contribution >= 0.6 is 0 Å². The van der Waals surface area contributed by atoms with E-state index in [4.69, 9.17) is 9.47 Å². The fourth-order valence-electron chi connectivity index (χ4n) is 3.00. The number of nitrogens with zero attached hydrogens (tertiary/aromatic N) is 1. The summed E-state index contributed by atoms with van der Waals surface area (Å²) >= 11 is 0. The summed E-state index contributed by atoms with van der Waals surface area (Å²) in [5.74, 6) is 0.823. The summed E-state index contributed by atoms with van der Waals surface area (Å²) in [6.07, 6.45) is 1.63. The van der Waals surface area contributed by atoms with Gasteiger partial charge in [-0.05, 0) is 56.8 Å². The van der Waals surface area contributed by atoms with Crippen LogP contribution in [0, 0.1) is 0 Å². The smallest absolute Gasteiger partial charge is 0.407 e. The molecule has 3 aromatic rings. The molecule has 0 fully saturated rings. The van der Waals surface area contributed by atoms with E-state index in [0.717, 1.165) is 22.2 Å². The number of rotatable bonds is 6. The molecule has 1 amide bonds. The van der Waals surface area contributed by atoms with Crippen molar-refractivity contribution in [3.8, 4) is 5.75 Å². The number of ether oxygens (including phenoxy) is 2. The first-order valence-electron chi connectivity index (χ1n) is 9.55. The number of benzene rings is 2. The minimum absolute atomic E-state index is 0.0701. The molecule has 0 aliphatic carbocycles. The van der Waals surface area contributed by atoms with Crippen LogP contribution in [0.15, 0.2) is 60.8 Å². The number of amides is 1. The van der Waals surface area contributed by atoms with Crippen LogP contribution in [0.5, 0.6) is 5.75 Å². The number of hydrogen-bond acceptors (Lipinski definition) is 3. The molecule has 0 saturated heterocycles. The van der Waals surface area contributed by atoms with Crippen molar-refractivity contribution in [1.29, 1.82) is 0 Å². The summed E-state index contributed by atoms with van der Waals surface area (Å²) in [5, 5.41) is 4.02. The van der Waals surface area contributed by atoms with E-state index in [2.05, 4.69) is 22.0 Å². The lowest BCUT2D eigenvalue weighted by atomic mass is 10.2. The second-order valence-electron chi connectivity index (χ2n) is 8.01. The van der Waals surface area contributed by atoms with E-state index in [0.29, 0.717) is 13.2 Å². The van der Waals surface area contributed by atoms with Gasteiger partial charge in [-0.15, -0.1) is 0 Å². The first kappa shape index (κ1) is 19.8. The number of carbonyl (C=O) groups is 1. The SMILES string of the molecule is C[C@@H](Cn1ccc2ccc(OCc3ccccc3)cc21)NC(=O)OC(C)(C)C. The Balaban J connectivity index is 1.65. The van der Waals surface area contributed by atoms with Gasteiger partial charge in [-0.25, -0.2) is 4.79 Å². The fraction of sp³-hybridized carbons (Fsp3) is 0.348. The Morgan fingerprint density at radius 3 is 2.57 bits per heavy atom. The van der Waals surface area contributed by atoms with E-state index in [-0.39, 0.29) is 6.04 Å². The molecular formula is C23H28N2O3. The third-order valence-corrected chi connectivity index (χ3v) is 4.23. The number of aromatic nitrogens is 1. The monoisotopic (exact) mass is 380 g/mol. The summed E-state index contributed by atoms with van der Waals surface area (Å²) in [4.78, 5) is 12.0. The Labute approximate surface area is 166 Å². The predicted molar refractivity (Wildman–Crippen MR) is 112 cm³/mol. The van der Waals surface area contributed by atoms with Gasteiger partial charge in [-0.1, -0.05) is 30.3 Å². The van der Waals surface area contributed by atoms with E-state index >= 15 is 0 Å². The van der Waals surface area contributed by atoms with Crippen LogP contribution in [-0.2, 0) is 17.9 Å². The van der Waals surface area contributed by atoms with Crippen LogP contribution in [0.3, 0.4) is 0 Å². The highest BCUT2D eigenvalue weighted by Gasteiger charge is 2.18. The molecule has 0 saturated carbocycles. The second-order valence-corrected chi connectivity index (χ2v) is 8.01. The highest BCUT2D eigenvalue weighted by Crippen LogP contribution is 2.23. The van der Waals surface area contributed by atoms with Crippen molar-refractivity contribution in [2.75, 3.05) is 0 Å². The fourth-order valence-corrected chi connectivity index (χ4v) is 3.00. The number of carbonyl (C=O) groups excluding carboxylic acids is 1. The molecule has 1 atom stereocenters. The lowest BCUT2D eigenvalue weighted by molar-refractivity contribution is 0.0504. The van der Waals surface area contributed by atoms with Gasteiger partial charge in [0.05, 0.1) is 5.52 Å². The van der Waals surface area contributed by atoms with Gasteiger partial charge in [0.25, 0.3) is 0 Å². The topological polar surface area (TPSA) is 52.5 Å². The molecule has 5 heteroatoms. The van der Waals surface area contributed by atoms with Gasteiger partial charge in [0.1, 0.15) is 18.0 Å². The zero-order valence-corrected chi connectivity index (χ0v) is 16.9. The second kappa shape index (κ2) is 8.38. The first-order chi connectivity index (χ1) is 13.3. The minimum atomic E-state index is -0.505. The lowest BCUT2D eigenvalue weighted by Crippen LogP contribution is -2.39. The van der Waals surface area contributed by atoms with Gasteiger partial charge in [-0.2, -0.15) is 0 Å². The Bertz CT molecular complexity index is 926. The van der Waals surface area contributed by atoms with Gasteiger partial charge in [-0.3, -0.25) is 0 Å². The average Bonchev–Trinajstić information content (AvgIpc) is 3.01. The summed E-state index contributed by atoms with van der Waals surface area (Å²) in [6.45, 7) is 8.70. The van der Waals surface area contributed by atoms with Gasteiger partial charge >= 0.3 is 6.09 Å². The molecule has 0 spiro atoms. The van der Waals surface area contributed by atoms with Crippen molar-refractivity contribution in [3.05, 3.63) is 66.4 Å². The number of alkyl carbamates (subject to hydrolysis) is 1. The molecule has 2 aromatic carbocycles. The van der Waals surface area contributed by atoms with Crippen molar-refractivity contribution in [2.45, 2.75) is 52.5 Å². The Hall–Kier alpha value is -2.95. The largest absolute Gasteiger partial charge is 0.489 e. The highest BCUT2D eigenvalue weighted by molar-refractivity contribution is 5.81. The quantitative estimate of drug-likeness (QED) is 0.645. The molecule has 1 aromatic heterocycles. The highest BCUT2D eigenvalue weighted by atomic mass is 16.6. The lowest BCUT2D eigenvalue weighted by Gasteiger charge is -2.22. The molecule has 0 bridgehead atoms. The molecule has 28 heavy (non-hydrogen) atoms. The average molecular weight is 380 g/mol. The molecule has 0 aliphatic rings. The van der Waals surface area contributed by atoms with Gasteiger partial charge in [0.15, 0.2) is 0 Å². The first-order valence-corrected chi connectivity index (χ1v) is 9.55. The molecule has 148 valence electrons. The third-order valence-electron chi connectivity index (χ3n) is 4.23. The number of nitrogens with one attached hydrogen (secondary N) is 1. The van der Waals surface area contributed by atoms with E-state index in [1.54, 1.807) is 0 Å². The molecule has 0 radical (unpaired) electrons. The zero-order valence-electron chi connectivity index (χ0n) is 16.9. The number of fused-ring (bicyclic) bond motifs is 1. The van der Waals surface area contributed by atoms with E-state index in [1.165, 1.54) is 0 Å². The van der Waals surface area contributed by atoms with E-state index in [1.807, 2.05) is 76.4 Å². The molecule has 1 heterocycles.